The molecule has 5 aromatic rings. The summed E-state index contributed by atoms with van der Waals surface area (Å²) < 4.78 is 10.8. The number of hydrogen-bond acceptors (Lipinski definition) is 4. The van der Waals surface area contributed by atoms with Crippen molar-refractivity contribution >= 4 is 28.4 Å². The van der Waals surface area contributed by atoms with E-state index >= 15 is 0 Å². The largest absolute Gasteiger partial charge is 0.497 e. The molecule has 0 radical (unpaired) electrons. The third-order valence-corrected chi connectivity index (χ3v) is 6.55. The van der Waals surface area contributed by atoms with Gasteiger partial charge < -0.3 is 24.4 Å². The molecule has 2 heterocycles. The van der Waals surface area contributed by atoms with Crippen LogP contribution >= 0.6 is 0 Å². The average molecular weight is 508 g/mol. The highest BCUT2D eigenvalue weighted by molar-refractivity contribution is 5.98. The average Bonchev–Trinajstić information content (AvgIpc) is 3.60. The second-order valence-corrected chi connectivity index (χ2v) is 9.17. The van der Waals surface area contributed by atoms with Crippen LogP contribution in [0.15, 0.2) is 102 Å². The number of methoxy groups -OCH3 is 1. The van der Waals surface area contributed by atoms with E-state index in [1.807, 2.05) is 61.7 Å². The second kappa shape index (κ2) is 11.1. The highest BCUT2D eigenvalue weighted by Crippen LogP contribution is 2.28. The van der Waals surface area contributed by atoms with Crippen molar-refractivity contribution in [3.63, 3.8) is 0 Å². The number of nitrogens with zero attached hydrogens (tertiary/aromatic N) is 1. The summed E-state index contributed by atoms with van der Waals surface area (Å²) in [5, 5.41) is 3.96. The Hall–Kier alpha value is -4.78. The Labute approximate surface area is 221 Å². The standard InChI is InChI=1S/C31H29N3O4/c1-21-9-11-22(12-10-21)30(31(36)33-24-13-15-25(37-2)16-14-24)34(20-26-6-5-17-38-26)29(35)18-23-19-32-28-8-4-3-7-27(23)28/h3-17,19,30,32H,18,20H2,1-2H3,(H,33,36). The summed E-state index contributed by atoms with van der Waals surface area (Å²) in [6, 6.07) is 25.3. The third-order valence-electron chi connectivity index (χ3n) is 6.55. The molecular weight excluding hydrogens is 478 g/mol. The first kappa shape index (κ1) is 24.9. The highest BCUT2D eigenvalue weighted by Gasteiger charge is 2.32. The number of carbonyl (C=O) groups excluding carboxylic acids is 2. The van der Waals surface area contributed by atoms with Crippen LogP contribution in [0.2, 0.25) is 0 Å². The molecule has 1 unspecified atom stereocenters. The molecule has 0 aliphatic carbocycles. The van der Waals surface area contributed by atoms with Gasteiger partial charge in [0.05, 0.1) is 26.3 Å². The van der Waals surface area contributed by atoms with Gasteiger partial charge in [-0.15, -0.1) is 0 Å². The fourth-order valence-electron chi connectivity index (χ4n) is 4.54. The number of amides is 2. The molecule has 2 N–H and O–H groups in total. The minimum absolute atomic E-state index is 0.128. The lowest BCUT2D eigenvalue weighted by molar-refractivity contribution is -0.139. The van der Waals surface area contributed by atoms with E-state index in [9.17, 15) is 9.59 Å². The number of hydrogen-bond donors (Lipinski definition) is 2. The van der Waals surface area contributed by atoms with Gasteiger partial charge in [-0.2, -0.15) is 0 Å². The molecule has 0 saturated carbocycles. The van der Waals surface area contributed by atoms with Crippen LogP contribution in [0.1, 0.15) is 28.5 Å². The lowest BCUT2D eigenvalue weighted by Crippen LogP contribution is -2.41. The number of aromatic nitrogens is 1. The molecule has 3 aromatic carbocycles. The molecule has 0 aliphatic heterocycles. The van der Waals surface area contributed by atoms with E-state index in [1.165, 1.54) is 0 Å². The van der Waals surface area contributed by atoms with Crippen LogP contribution in [0.25, 0.3) is 10.9 Å². The van der Waals surface area contributed by atoms with E-state index < -0.39 is 6.04 Å². The Morgan fingerprint density at radius 3 is 2.45 bits per heavy atom. The molecule has 192 valence electrons. The number of furan rings is 1. The number of rotatable bonds is 9. The van der Waals surface area contributed by atoms with Gasteiger partial charge in [0, 0.05) is 22.8 Å². The van der Waals surface area contributed by atoms with Gasteiger partial charge in [-0.05, 0) is 60.5 Å². The molecule has 5 rings (SSSR count). The first-order valence-electron chi connectivity index (χ1n) is 12.4. The first-order chi connectivity index (χ1) is 18.5. The Kier molecular flexibility index (Phi) is 7.26. The minimum Gasteiger partial charge on any atom is -0.497 e. The number of anilines is 1. The number of ether oxygens (including phenoxy) is 1. The van der Waals surface area contributed by atoms with Crippen molar-refractivity contribution in [1.82, 2.24) is 9.88 Å². The Morgan fingerprint density at radius 2 is 1.74 bits per heavy atom. The maximum Gasteiger partial charge on any atom is 0.251 e. The smallest absolute Gasteiger partial charge is 0.251 e. The van der Waals surface area contributed by atoms with Gasteiger partial charge in [-0.3, -0.25) is 9.59 Å². The zero-order chi connectivity index (χ0) is 26.5. The van der Waals surface area contributed by atoms with Gasteiger partial charge in [0.15, 0.2) is 0 Å². The van der Waals surface area contributed by atoms with Crippen molar-refractivity contribution in [1.29, 1.82) is 0 Å². The first-order valence-corrected chi connectivity index (χ1v) is 12.4. The molecule has 7 heteroatoms. The zero-order valence-electron chi connectivity index (χ0n) is 21.3. The molecule has 2 aromatic heterocycles. The number of para-hydroxylation sites is 1. The topological polar surface area (TPSA) is 87.6 Å². The molecule has 1 atom stereocenters. The molecule has 2 amide bonds. The van der Waals surface area contributed by atoms with E-state index in [4.69, 9.17) is 9.15 Å². The number of nitrogens with one attached hydrogen (secondary N) is 2. The molecule has 38 heavy (non-hydrogen) atoms. The number of aromatic amines is 1. The monoisotopic (exact) mass is 507 g/mol. The van der Waals surface area contributed by atoms with Crippen LogP contribution in [0.3, 0.4) is 0 Å². The van der Waals surface area contributed by atoms with E-state index in [2.05, 4.69) is 10.3 Å². The molecule has 0 aliphatic rings. The summed E-state index contributed by atoms with van der Waals surface area (Å²) in [4.78, 5) is 32.7. The summed E-state index contributed by atoms with van der Waals surface area (Å²) in [5.74, 6) is 0.762. The molecular formula is C31H29N3O4. The van der Waals surface area contributed by atoms with Crippen molar-refractivity contribution in [2.24, 2.45) is 0 Å². The summed E-state index contributed by atoms with van der Waals surface area (Å²) in [5.41, 5.74) is 4.20. The van der Waals surface area contributed by atoms with E-state index in [1.54, 1.807) is 54.7 Å². The van der Waals surface area contributed by atoms with Gasteiger partial charge in [0.1, 0.15) is 17.6 Å². The predicted molar refractivity (Wildman–Crippen MR) is 147 cm³/mol. The summed E-state index contributed by atoms with van der Waals surface area (Å²) in [6.07, 6.45) is 3.55. The number of carbonyl (C=O) groups is 2. The van der Waals surface area contributed by atoms with Crippen LogP contribution in [0.4, 0.5) is 5.69 Å². The van der Waals surface area contributed by atoms with Gasteiger partial charge >= 0.3 is 0 Å². The van der Waals surface area contributed by atoms with Gasteiger partial charge in [0.25, 0.3) is 5.91 Å². The second-order valence-electron chi connectivity index (χ2n) is 9.17. The van der Waals surface area contributed by atoms with Crippen LogP contribution < -0.4 is 10.1 Å². The number of benzene rings is 3. The van der Waals surface area contributed by atoms with Crippen LogP contribution in [0, 0.1) is 6.92 Å². The Balaban J connectivity index is 1.51. The van der Waals surface area contributed by atoms with E-state index in [0.717, 1.165) is 22.0 Å². The van der Waals surface area contributed by atoms with Gasteiger partial charge in [-0.25, -0.2) is 0 Å². The maximum atomic E-state index is 14.0. The number of aryl methyl sites for hydroxylation is 1. The van der Waals surface area contributed by atoms with Crippen LogP contribution in [0.5, 0.6) is 5.75 Å². The van der Waals surface area contributed by atoms with Crippen molar-refractivity contribution in [3.05, 3.63) is 120 Å². The van der Waals surface area contributed by atoms with Crippen molar-refractivity contribution < 1.29 is 18.7 Å². The lowest BCUT2D eigenvalue weighted by atomic mass is 10.0. The predicted octanol–water partition coefficient (Wildman–Crippen LogP) is 6.03. The number of fused-ring (bicyclic) bond motifs is 1. The van der Waals surface area contributed by atoms with Crippen molar-refractivity contribution in [2.75, 3.05) is 12.4 Å². The zero-order valence-corrected chi connectivity index (χ0v) is 21.3. The molecule has 0 spiro atoms. The van der Waals surface area contributed by atoms with Crippen LogP contribution in [-0.4, -0.2) is 28.8 Å². The Morgan fingerprint density at radius 1 is 0.974 bits per heavy atom. The molecule has 0 fully saturated rings. The normalized spacial score (nSPS) is 11.7. The summed E-state index contributed by atoms with van der Waals surface area (Å²) in [7, 11) is 1.59. The van der Waals surface area contributed by atoms with Gasteiger partial charge in [-0.1, -0.05) is 48.0 Å². The summed E-state index contributed by atoms with van der Waals surface area (Å²) >= 11 is 0. The van der Waals surface area contributed by atoms with E-state index in [0.29, 0.717) is 22.8 Å². The fourth-order valence-corrected chi connectivity index (χ4v) is 4.54. The van der Waals surface area contributed by atoms with E-state index in [-0.39, 0.29) is 24.8 Å². The van der Waals surface area contributed by atoms with Crippen molar-refractivity contribution in [2.45, 2.75) is 25.9 Å². The Bertz CT molecular complexity index is 1520. The molecule has 7 nitrogen and oxygen atoms in total. The SMILES string of the molecule is COc1ccc(NC(=O)C(c2ccc(C)cc2)N(Cc2ccco2)C(=O)Cc2c[nH]c3ccccc23)cc1. The minimum atomic E-state index is -0.888. The third kappa shape index (κ3) is 5.47. The summed E-state index contributed by atoms with van der Waals surface area (Å²) in [6.45, 7) is 2.13. The fraction of sp³-hybridized carbons (Fsp3) is 0.161. The number of H-pyrrole nitrogens is 1. The lowest BCUT2D eigenvalue weighted by Gasteiger charge is -2.31. The highest BCUT2D eigenvalue weighted by atomic mass is 16.5. The molecule has 0 saturated heterocycles. The molecule has 0 bridgehead atoms. The quantitative estimate of drug-likeness (QED) is 0.255. The van der Waals surface area contributed by atoms with Gasteiger partial charge in [0.2, 0.25) is 5.91 Å². The maximum absolute atomic E-state index is 14.0. The van der Waals surface area contributed by atoms with Crippen LogP contribution in [-0.2, 0) is 22.6 Å². The van der Waals surface area contributed by atoms with Crippen molar-refractivity contribution in [3.8, 4) is 5.75 Å².